The number of nitrogens with one attached hydrogen (secondary N) is 1. The average molecular weight is 360 g/mol. The van der Waals surface area contributed by atoms with Crippen molar-refractivity contribution in [1.29, 1.82) is 0 Å². The summed E-state index contributed by atoms with van der Waals surface area (Å²) in [5.41, 5.74) is -0.0520. The number of amides is 2. The summed E-state index contributed by atoms with van der Waals surface area (Å²) in [5.74, 6) is -0.803. The van der Waals surface area contributed by atoms with Gasteiger partial charge in [0.25, 0.3) is 17.4 Å². The van der Waals surface area contributed by atoms with Crippen LogP contribution in [0.4, 0.5) is 5.69 Å². The molecule has 0 radical (unpaired) electrons. The molecular formula is C19H24N2O5. The Bertz CT molecular complexity index is 739. The highest BCUT2D eigenvalue weighted by molar-refractivity contribution is 6.15. The highest BCUT2D eigenvalue weighted by Gasteiger charge is 2.50. The average Bonchev–Trinajstić information content (AvgIpc) is 2.63. The van der Waals surface area contributed by atoms with Gasteiger partial charge >= 0.3 is 5.97 Å². The van der Waals surface area contributed by atoms with E-state index in [9.17, 15) is 14.4 Å². The fraction of sp³-hybridized carbons (Fsp3) is 0.526. The summed E-state index contributed by atoms with van der Waals surface area (Å²) >= 11 is 0. The fourth-order valence-electron chi connectivity index (χ4n) is 3.36. The number of hydrogen-bond acceptors (Lipinski definition) is 5. The number of nitrogens with zero attached hydrogens (tertiary/aromatic N) is 1. The zero-order chi connectivity index (χ0) is 18.9. The first kappa shape index (κ1) is 18.2. The lowest BCUT2D eigenvalue weighted by molar-refractivity contribution is -0.159. The summed E-state index contributed by atoms with van der Waals surface area (Å²) in [6, 6.07) is 5.43. The Morgan fingerprint density at radius 3 is 2.69 bits per heavy atom. The van der Waals surface area contributed by atoms with Crippen molar-refractivity contribution in [2.75, 3.05) is 25.0 Å². The lowest BCUT2D eigenvalue weighted by Gasteiger charge is -2.39. The smallest absolute Gasteiger partial charge is 0.309 e. The van der Waals surface area contributed by atoms with E-state index in [1.54, 1.807) is 17.9 Å². The second-order valence-electron chi connectivity index (χ2n) is 6.91. The Kier molecular flexibility index (Phi) is 4.89. The van der Waals surface area contributed by atoms with Crippen molar-refractivity contribution in [2.45, 2.75) is 39.2 Å². The second-order valence-corrected chi connectivity index (χ2v) is 6.91. The third kappa shape index (κ3) is 3.25. The molecule has 7 heteroatoms. The van der Waals surface area contributed by atoms with Crippen molar-refractivity contribution < 1.29 is 23.9 Å². The van der Waals surface area contributed by atoms with Crippen LogP contribution in [0.1, 0.15) is 32.3 Å². The first-order chi connectivity index (χ1) is 12.3. The van der Waals surface area contributed by atoms with Gasteiger partial charge in [-0.2, -0.15) is 0 Å². The number of rotatable bonds is 3. The van der Waals surface area contributed by atoms with Gasteiger partial charge in [0, 0.05) is 13.1 Å². The molecule has 2 amide bonds. The third-order valence-electron chi connectivity index (χ3n) is 4.94. The van der Waals surface area contributed by atoms with Gasteiger partial charge in [-0.1, -0.05) is 6.07 Å². The van der Waals surface area contributed by atoms with Crippen molar-refractivity contribution in [1.82, 2.24) is 4.90 Å². The number of ether oxygens (including phenoxy) is 2. The van der Waals surface area contributed by atoms with E-state index in [0.717, 1.165) is 5.56 Å². The highest BCUT2D eigenvalue weighted by Crippen LogP contribution is 2.35. The van der Waals surface area contributed by atoms with Gasteiger partial charge in [0.05, 0.1) is 18.2 Å². The van der Waals surface area contributed by atoms with Crippen LogP contribution in [0.15, 0.2) is 18.2 Å². The molecule has 1 aromatic carbocycles. The fourth-order valence-corrected chi connectivity index (χ4v) is 3.36. The van der Waals surface area contributed by atoms with Gasteiger partial charge in [0.1, 0.15) is 5.75 Å². The van der Waals surface area contributed by atoms with Crippen LogP contribution in [0.5, 0.6) is 5.75 Å². The van der Waals surface area contributed by atoms with Crippen molar-refractivity contribution in [3.05, 3.63) is 23.8 Å². The van der Waals surface area contributed by atoms with E-state index in [4.69, 9.17) is 9.47 Å². The minimum Gasteiger partial charge on any atom is -0.466 e. The maximum atomic E-state index is 13.0. The topological polar surface area (TPSA) is 84.9 Å². The summed E-state index contributed by atoms with van der Waals surface area (Å²) in [6.45, 7) is 6.33. The van der Waals surface area contributed by atoms with Crippen LogP contribution in [-0.4, -0.2) is 48.0 Å². The zero-order valence-electron chi connectivity index (χ0n) is 15.3. The standard InChI is InChI=1S/C19H24N2O5/c1-4-25-16(22)13-7-9-21(10-8-13)18(24)19(3)17(23)20-14-11-12(2)5-6-15(14)26-19/h5-6,11,13H,4,7-10H2,1-3H3,(H,20,23). The summed E-state index contributed by atoms with van der Waals surface area (Å²) < 4.78 is 10.9. The molecule has 1 fully saturated rings. The van der Waals surface area contributed by atoms with E-state index in [1.807, 2.05) is 19.1 Å². The monoisotopic (exact) mass is 360 g/mol. The lowest BCUT2D eigenvalue weighted by atomic mass is 9.94. The van der Waals surface area contributed by atoms with E-state index in [0.29, 0.717) is 44.0 Å². The lowest BCUT2D eigenvalue weighted by Crippen LogP contribution is -2.60. The molecule has 0 spiro atoms. The minimum absolute atomic E-state index is 0.198. The van der Waals surface area contributed by atoms with E-state index >= 15 is 0 Å². The number of benzene rings is 1. The maximum absolute atomic E-state index is 13.0. The molecule has 26 heavy (non-hydrogen) atoms. The summed E-state index contributed by atoms with van der Waals surface area (Å²) in [7, 11) is 0. The Morgan fingerprint density at radius 2 is 2.04 bits per heavy atom. The van der Waals surface area contributed by atoms with Gasteiger partial charge in [-0.15, -0.1) is 0 Å². The predicted molar refractivity (Wildman–Crippen MR) is 94.8 cm³/mol. The van der Waals surface area contributed by atoms with Crippen LogP contribution in [-0.2, 0) is 19.1 Å². The van der Waals surface area contributed by atoms with E-state index in [2.05, 4.69) is 5.32 Å². The maximum Gasteiger partial charge on any atom is 0.309 e. The van der Waals surface area contributed by atoms with Crippen molar-refractivity contribution in [3.8, 4) is 5.75 Å². The van der Waals surface area contributed by atoms with E-state index in [1.165, 1.54) is 6.92 Å². The number of esters is 1. The molecule has 1 saturated heterocycles. The normalized spacial score (nSPS) is 22.9. The van der Waals surface area contributed by atoms with E-state index < -0.39 is 11.5 Å². The minimum atomic E-state index is -1.61. The molecule has 1 atom stereocenters. The van der Waals surface area contributed by atoms with Gasteiger partial charge in [-0.05, 0) is 51.3 Å². The van der Waals surface area contributed by atoms with Crippen LogP contribution in [0.2, 0.25) is 0 Å². The van der Waals surface area contributed by atoms with Gasteiger partial charge in [-0.25, -0.2) is 0 Å². The van der Waals surface area contributed by atoms with Crippen LogP contribution >= 0.6 is 0 Å². The molecule has 3 rings (SSSR count). The third-order valence-corrected chi connectivity index (χ3v) is 4.94. The molecule has 0 bridgehead atoms. The molecule has 2 heterocycles. The quantitative estimate of drug-likeness (QED) is 0.657. The molecular weight excluding hydrogens is 336 g/mol. The van der Waals surface area contributed by atoms with Crippen LogP contribution in [0, 0.1) is 12.8 Å². The Hall–Kier alpha value is -2.57. The zero-order valence-corrected chi connectivity index (χ0v) is 15.3. The highest BCUT2D eigenvalue weighted by atomic mass is 16.5. The van der Waals surface area contributed by atoms with E-state index in [-0.39, 0.29) is 17.8 Å². The van der Waals surface area contributed by atoms with Gasteiger partial charge in [-0.3, -0.25) is 14.4 Å². The number of carbonyl (C=O) groups is 3. The SMILES string of the molecule is CCOC(=O)C1CCN(C(=O)C2(C)Oc3ccc(C)cc3NC2=O)CC1. The van der Waals surface area contributed by atoms with Crippen molar-refractivity contribution in [3.63, 3.8) is 0 Å². The number of likely N-dealkylation sites (tertiary alicyclic amines) is 1. The predicted octanol–water partition coefficient (Wildman–Crippen LogP) is 1.89. The van der Waals surface area contributed by atoms with Gasteiger partial charge in [0.15, 0.2) is 0 Å². The van der Waals surface area contributed by atoms with Gasteiger partial charge < -0.3 is 19.7 Å². The number of hydrogen-bond donors (Lipinski definition) is 1. The molecule has 2 aliphatic rings. The summed E-state index contributed by atoms with van der Waals surface area (Å²) in [5, 5.41) is 2.77. The molecule has 1 aromatic rings. The molecule has 0 saturated carbocycles. The number of fused-ring (bicyclic) bond motifs is 1. The van der Waals surface area contributed by atoms with Crippen LogP contribution in [0.25, 0.3) is 0 Å². The Morgan fingerprint density at radius 1 is 1.35 bits per heavy atom. The number of piperidine rings is 1. The molecule has 1 unspecified atom stereocenters. The Labute approximate surface area is 152 Å². The molecule has 2 aliphatic heterocycles. The molecule has 7 nitrogen and oxygen atoms in total. The summed E-state index contributed by atoms with van der Waals surface area (Å²) in [6.07, 6.45) is 1.05. The first-order valence-electron chi connectivity index (χ1n) is 8.92. The first-order valence-corrected chi connectivity index (χ1v) is 8.92. The number of anilines is 1. The van der Waals surface area contributed by atoms with Gasteiger partial charge in [0.2, 0.25) is 0 Å². The van der Waals surface area contributed by atoms with Crippen molar-refractivity contribution >= 4 is 23.5 Å². The molecule has 140 valence electrons. The van der Waals surface area contributed by atoms with Crippen LogP contribution < -0.4 is 10.1 Å². The second kappa shape index (κ2) is 6.97. The number of aryl methyl sites for hydroxylation is 1. The van der Waals surface area contributed by atoms with Crippen molar-refractivity contribution in [2.24, 2.45) is 5.92 Å². The number of carbonyl (C=O) groups excluding carboxylic acids is 3. The largest absolute Gasteiger partial charge is 0.466 e. The molecule has 1 N–H and O–H groups in total. The molecule has 0 aliphatic carbocycles. The summed E-state index contributed by atoms with van der Waals surface area (Å²) in [4.78, 5) is 39.0. The van der Waals surface area contributed by atoms with Crippen LogP contribution in [0.3, 0.4) is 0 Å². The molecule has 0 aromatic heterocycles. The Balaban J connectivity index is 1.71.